The monoisotopic (exact) mass is 379 g/mol. The van der Waals surface area contributed by atoms with Crippen molar-refractivity contribution in [3.63, 3.8) is 0 Å². The van der Waals surface area contributed by atoms with Crippen LogP contribution in [-0.2, 0) is 0 Å². The highest BCUT2D eigenvalue weighted by Crippen LogP contribution is 2.34. The average Bonchev–Trinajstić information content (AvgIpc) is 2.83. The molecular weight excluding hydrogens is 370 g/mol. The summed E-state index contributed by atoms with van der Waals surface area (Å²) in [6.45, 7) is 1.95. The molecule has 0 radical (unpaired) electrons. The van der Waals surface area contributed by atoms with Crippen LogP contribution in [0.5, 0.6) is 0 Å². The van der Waals surface area contributed by atoms with Gasteiger partial charge in [0.15, 0.2) is 0 Å². The Bertz CT molecular complexity index is 754. The Morgan fingerprint density at radius 2 is 1.90 bits per heavy atom. The minimum Gasteiger partial charge on any atom is -0.341 e. The highest BCUT2D eigenvalue weighted by Gasteiger charge is 2.12. The maximum Gasteiger partial charge on any atom is 0.128 e. The summed E-state index contributed by atoms with van der Waals surface area (Å²) in [6, 6.07) is 11.9. The highest BCUT2D eigenvalue weighted by molar-refractivity contribution is 9.10. The van der Waals surface area contributed by atoms with Crippen LogP contribution in [0.2, 0.25) is 5.02 Å². The lowest BCUT2D eigenvalue weighted by Crippen LogP contribution is -1.83. The standard InChI is InChI=1S/C15H11BrClN3S/c1-9-19-14(10-2-4-11(16)5-3-10)15(20-9)21-13-7-6-12(17)8-18-13/h2-8H,1H3,(H,19,20). The molecule has 3 nitrogen and oxygen atoms in total. The molecule has 0 amide bonds. The van der Waals surface area contributed by atoms with E-state index >= 15 is 0 Å². The molecule has 21 heavy (non-hydrogen) atoms. The molecule has 1 aromatic carbocycles. The van der Waals surface area contributed by atoms with E-state index in [0.29, 0.717) is 5.02 Å². The van der Waals surface area contributed by atoms with Crippen LogP contribution >= 0.6 is 39.3 Å². The van der Waals surface area contributed by atoms with Crippen LogP contribution in [0.1, 0.15) is 5.82 Å². The fourth-order valence-electron chi connectivity index (χ4n) is 1.88. The second kappa shape index (κ2) is 6.22. The third-order valence-electron chi connectivity index (χ3n) is 2.82. The molecule has 0 aliphatic rings. The summed E-state index contributed by atoms with van der Waals surface area (Å²) in [6.07, 6.45) is 1.64. The summed E-state index contributed by atoms with van der Waals surface area (Å²) in [4.78, 5) is 12.2. The smallest absolute Gasteiger partial charge is 0.128 e. The van der Waals surface area contributed by atoms with Crippen molar-refractivity contribution in [1.82, 2.24) is 15.0 Å². The molecule has 0 saturated carbocycles. The van der Waals surface area contributed by atoms with Gasteiger partial charge in [-0.1, -0.05) is 39.7 Å². The van der Waals surface area contributed by atoms with Gasteiger partial charge in [-0.25, -0.2) is 9.97 Å². The van der Waals surface area contributed by atoms with E-state index < -0.39 is 0 Å². The molecule has 6 heteroatoms. The molecule has 0 atom stereocenters. The Hall–Kier alpha value is -1.30. The molecular formula is C15H11BrClN3S. The van der Waals surface area contributed by atoms with Gasteiger partial charge in [-0.2, -0.15) is 0 Å². The van der Waals surface area contributed by atoms with Crippen molar-refractivity contribution in [1.29, 1.82) is 0 Å². The van der Waals surface area contributed by atoms with E-state index in [1.165, 1.54) is 11.8 Å². The van der Waals surface area contributed by atoms with Crippen LogP contribution in [-0.4, -0.2) is 15.0 Å². The van der Waals surface area contributed by atoms with Crippen molar-refractivity contribution in [2.75, 3.05) is 0 Å². The molecule has 2 heterocycles. The van der Waals surface area contributed by atoms with Crippen molar-refractivity contribution >= 4 is 39.3 Å². The summed E-state index contributed by atoms with van der Waals surface area (Å²) < 4.78 is 1.05. The second-order valence-corrected chi connectivity index (χ2v) is 6.79. The molecule has 0 saturated heterocycles. The zero-order chi connectivity index (χ0) is 14.8. The zero-order valence-corrected chi connectivity index (χ0v) is 14.3. The van der Waals surface area contributed by atoms with Crippen molar-refractivity contribution in [3.05, 3.63) is 57.9 Å². The molecule has 2 aromatic heterocycles. The molecule has 3 rings (SSSR count). The van der Waals surface area contributed by atoms with Gasteiger partial charge >= 0.3 is 0 Å². The lowest BCUT2D eigenvalue weighted by molar-refractivity contribution is 1.08. The second-order valence-electron chi connectivity index (χ2n) is 4.43. The lowest BCUT2D eigenvalue weighted by atomic mass is 10.2. The summed E-state index contributed by atoms with van der Waals surface area (Å²) in [7, 11) is 0. The van der Waals surface area contributed by atoms with Crippen LogP contribution in [0.3, 0.4) is 0 Å². The molecule has 0 spiro atoms. The van der Waals surface area contributed by atoms with Gasteiger partial charge in [-0.05, 0) is 43.0 Å². The number of aromatic amines is 1. The Balaban J connectivity index is 1.95. The molecule has 0 aliphatic heterocycles. The largest absolute Gasteiger partial charge is 0.341 e. The predicted molar refractivity (Wildman–Crippen MR) is 89.8 cm³/mol. The van der Waals surface area contributed by atoms with E-state index in [1.807, 2.05) is 31.2 Å². The molecule has 106 valence electrons. The first-order chi connectivity index (χ1) is 10.1. The van der Waals surface area contributed by atoms with Gasteiger partial charge in [0, 0.05) is 16.2 Å². The van der Waals surface area contributed by atoms with E-state index in [0.717, 1.165) is 31.6 Å². The average molecular weight is 381 g/mol. The number of nitrogens with zero attached hydrogens (tertiary/aromatic N) is 2. The van der Waals surface area contributed by atoms with E-state index in [9.17, 15) is 0 Å². The number of rotatable bonds is 3. The fraction of sp³-hybridized carbons (Fsp3) is 0.0667. The molecule has 1 N–H and O–H groups in total. The van der Waals surface area contributed by atoms with Gasteiger partial charge in [0.25, 0.3) is 0 Å². The molecule has 0 unspecified atom stereocenters. The molecule has 0 fully saturated rings. The fourth-order valence-corrected chi connectivity index (χ4v) is 3.15. The van der Waals surface area contributed by atoms with Crippen molar-refractivity contribution in [2.24, 2.45) is 0 Å². The molecule has 0 bridgehead atoms. The van der Waals surface area contributed by atoms with Gasteiger partial charge in [0.2, 0.25) is 0 Å². The predicted octanol–water partition coefficient (Wildman–Crippen LogP) is 5.35. The first kappa shape index (κ1) is 14.6. The molecule has 3 aromatic rings. The van der Waals surface area contributed by atoms with Crippen LogP contribution in [0.4, 0.5) is 0 Å². The first-order valence-electron chi connectivity index (χ1n) is 6.24. The number of H-pyrrole nitrogens is 1. The van der Waals surface area contributed by atoms with Crippen molar-refractivity contribution < 1.29 is 0 Å². The van der Waals surface area contributed by atoms with E-state index in [-0.39, 0.29) is 0 Å². The summed E-state index contributed by atoms with van der Waals surface area (Å²) in [5.74, 6) is 0.879. The minimum atomic E-state index is 0.630. The minimum absolute atomic E-state index is 0.630. The number of imidazole rings is 1. The summed E-state index contributed by atoms with van der Waals surface area (Å²) in [5, 5.41) is 2.40. The maximum atomic E-state index is 5.86. The quantitative estimate of drug-likeness (QED) is 0.666. The van der Waals surface area contributed by atoms with Crippen LogP contribution in [0.15, 0.2) is 57.1 Å². The number of nitrogens with one attached hydrogen (secondary N) is 1. The van der Waals surface area contributed by atoms with Crippen LogP contribution < -0.4 is 0 Å². The SMILES string of the molecule is Cc1nc(Sc2ccc(Cl)cn2)c(-c2ccc(Br)cc2)[nH]1. The van der Waals surface area contributed by atoms with E-state index in [1.54, 1.807) is 6.20 Å². The molecule has 0 aliphatic carbocycles. The first-order valence-corrected chi connectivity index (χ1v) is 8.22. The van der Waals surface area contributed by atoms with Gasteiger partial charge < -0.3 is 4.98 Å². The summed E-state index contributed by atoms with van der Waals surface area (Å²) >= 11 is 10.8. The van der Waals surface area contributed by atoms with Crippen molar-refractivity contribution in [2.45, 2.75) is 17.0 Å². The number of pyridine rings is 1. The third-order valence-corrected chi connectivity index (χ3v) is 4.52. The van der Waals surface area contributed by atoms with Crippen LogP contribution in [0.25, 0.3) is 11.3 Å². The van der Waals surface area contributed by atoms with E-state index in [4.69, 9.17) is 11.6 Å². The number of hydrogen-bond donors (Lipinski definition) is 1. The van der Waals surface area contributed by atoms with Gasteiger partial charge in [0.1, 0.15) is 15.9 Å². The number of hydrogen-bond acceptors (Lipinski definition) is 3. The topological polar surface area (TPSA) is 41.6 Å². The maximum absolute atomic E-state index is 5.86. The Morgan fingerprint density at radius 3 is 2.57 bits per heavy atom. The van der Waals surface area contributed by atoms with Gasteiger partial charge in [-0.3, -0.25) is 0 Å². The lowest BCUT2D eigenvalue weighted by Gasteiger charge is -2.03. The number of aromatic nitrogens is 3. The number of aryl methyl sites for hydroxylation is 1. The van der Waals surface area contributed by atoms with Gasteiger partial charge in [0.05, 0.1) is 10.7 Å². The number of benzene rings is 1. The Kier molecular flexibility index (Phi) is 4.33. The number of halogens is 2. The Labute approximate surface area is 140 Å². The normalized spacial score (nSPS) is 10.8. The third kappa shape index (κ3) is 3.48. The van der Waals surface area contributed by atoms with Gasteiger partial charge in [-0.15, -0.1) is 0 Å². The highest BCUT2D eigenvalue weighted by atomic mass is 79.9. The zero-order valence-electron chi connectivity index (χ0n) is 11.1. The van der Waals surface area contributed by atoms with Crippen molar-refractivity contribution in [3.8, 4) is 11.3 Å². The summed E-state index contributed by atoms with van der Waals surface area (Å²) in [5.41, 5.74) is 2.09. The van der Waals surface area contributed by atoms with E-state index in [2.05, 4.69) is 43.0 Å². The Morgan fingerprint density at radius 1 is 1.14 bits per heavy atom. The van der Waals surface area contributed by atoms with Crippen LogP contribution in [0, 0.1) is 6.92 Å².